The van der Waals surface area contributed by atoms with E-state index in [1.807, 2.05) is 30.3 Å². The van der Waals surface area contributed by atoms with Gasteiger partial charge in [0, 0.05) is 42.5 Å². The molecule has 3 aliphatic rings. The molecule has 1 unspecified atom stereocenters. The molecule has 0 bridgehead atoms. The molecule has 2 saturated heterocycles. The monoisotopic (exact) mass is 514 g/mol. The highest BCUT2D eigenvalue weighted by Crippen LogP contribution is 2.36. The van der Waals surface area contributed by atoms with E-state index < -0.39 is 0 Å². The fraction of sp³-hybridized carbons (Fsp3) is 0.500. The fourth-order valence-electron chi connectivity index (χ4n) is 6.35. The minimum atomic E-state index is -0.208. The molecule has 0 saturated carbocycles. The van der Waals surface area contributed by atoms with Crippen LogP contribution < -0.4 is 14.5 Å². The number of anilines is 2. The maximum absolute atomic E-state index is 15.2. The van der Waals surface area contributed by atoms with Crippen molar-refractivity contribution in [3.63, 3.8) is 0 Å². The van der Waals surface area contributed by atoms with Crippen LogP contribution in [0.15, 0.2) is 36.4 Å². The summed E-state index contributed by atoms with van der Waals surface area (Å²) in [6.07, 6.45) is 5.17. The van der Waals surface area contributed by atoms with Crippen molar-refractivity contribution in [3.05, 3.63) is 64.9 Å². The first-order valence-electron chi connectivity index (χ1n) is 13.8. The largest absolute Gasteiger partial charge is 0.462 e. The Morgan fingerprint density at radius 1 is 1.05 bits per heavy atom. The minimum absolute atomic E-state index is 0.208. The van der Waals surface area contributed by atoms with Crippen molar-refractivity contribution in [2.75, 3.05) is 56.2 Å². The van der Waals surface area contributed by atoms with E-state index in [9.17, 15) is 0 Å². The minimum Gasteiger partial charge on any atom is -0.462 e. The van der Waals surface area contributed by atoms with Crippen molar-refractivity contribution < 1.29 is 9.13 Å². The maximum Gasteiger partial charge on any atom is 0.318 e. The van der Waals surface area contributed by atoms with Crippen molar-refractivity contribution in [2.45, 2.75) is 44.7 Å². The molecule has 2 fully saturated rings. The highest BCUT2D eigenvalue weighted by Gasteiger charge is 2.31. The molecule has 8 heteroatoms. The van der Waals surface area contributed by atoms with Crippen molar-refractivity contribution in [3.8, 4) is 6.01 Å². The van der Waals surface area contributed by atoms with Crippen LogP contribution in [0, 0.1) is 18.3 Å². The molecular formula is C30H35FN6O. The zero-order chi connectivity index (χ0) is 26.1. The number of likely N-dealkylation sites (N-methyl/N-ethyl adjacent to an activating group) is 1. The van der Waals surface area contributed by atoms with Crippen LogP contribution in [0.5, 0.6) is 6.01 Å². The lowest BCUT2D eigenvalue weighted by atomic mass is 9.96. The smallest absolute Gasteiger partial charge is 0.318 e. The number of piperidine rings is 1. The highest BCUT2D eigenvalue weighted by molar-refractivity contribution is 5.94. The van der Waals surface area contributed by atoms with Gasteiger partial charge in [-0.2, -0.15) is 9.97 Å². The van der Waals surface area contributed by atoms with Crippen molar-refractivity contribution in [1.29, 1.82) is 0 Å². The average molecular weight is 515 g/mol. The van der Waals surface area contributed by atoms with Crippen LogP contribution >= 0.6 is 0 Å². The molecule has 0 aliphatic carbocycles. The summed E-state index contributed by atoms with van der Waals surface area (Å²) in [6, 6.07) is 12.2. The van der Waals surface area contributed by atoms with Gasteiger partial charge in [-0.05, 0) is 57.1 Å². The lowest BCUT2D eigenvalue weighted by Crippen LogP contribution is -2.40. The first-order valence-corrected chi connectivity index (χ1v) is 13.8. The molecule has 38 heavy (non-hydrogen) atoms. The van der Waals surface area contributed by atoms with Gasteiger partial charge in [0.1, 0.15) is 18.2 Å². The highest BCUT2D eigenvalue weighted by atomic mass is 19.1. The predicted octanol–water partition coefficient (Wildman–Crippen LogP) is 4.94. The van der Waals surface area contributed by atoms with Gasteiger partial charge in [0.25, 0.3) is 0 Å². The third-order valence-electron chi connectivity index (χ3n) is 8.43. The van der Waals surface area contributed by atoms with Gasteiger partial charge in [-0.3, -0.25) is 0 Å². The van der Waals surface area contributed by atoms with E-state index in [2.05, 4.69) is 26.6 Å². The Labute approximate surface area is 224 Å². The van der Waals surface area contributed by atoms with Gasteiger partial charge in [-0.15, -0.1) is 0 Å². The molecule has 2 atom stereocenters. The molecule has 7 nitrogen and oxygen atoms in total. The standard InChI is InChI=1S/C30H35FN6O/c1-32-17-21-7-5-15-37(18-21)29-25-13-16-36(28-24-10-4-3-8-22(24)11-12-26(28)31)19-27(25)33-30(34-29)38-20-23-9-6-14-35(23)2/h3-4,8,10-12,21,23H,5-7,9,13-20H2,2H3/t21?,23-/m0/s1. The normalized spacial score (nSPS) is 21.9. The number of ether oxygens (including phenoxy) is 1. The number of aromatic nitrogens is 2. The molecule has 0 N–H and O–H groups in total. The Bertz CT molecular complexity index is 1360. The summed E-state index contributed by atoms with van der Waals surface area (Å²) in [5.41, 5.74) is 2.69. The molecule has 0 spiro atoms. The van der Waals surface area contributed by atoms with Gasteiger partial charge in [-0.25, -0.2) is 11.0 Å². The molecule has 6 rings (SSSR count). The lowest BCUT2D eigenvalue weighted by Gasteiger charge is -2.36. The number of rotatable bonds is 6. The molecule has 0 amide bonds. The maximum atomic E-state index is 15.2. The number of nitrogens with zero attached hydrogens (tertiary/aromatic N) is 6. The first-order chi connectivity index (χ1) is 18.6. The Hall–Kier alpha value is -3.44. The van der Waals surface area contributed by atoms with E-state index >= 15 is 4.39 Å². The van der Waals surface area contributed by atoms with Crippen LogP contribution in [0.4, 0.5) is 15.9 Å². The van der Waals surface area contributed by atoms with Crippen LogP contribution in [-0.4, -0.2) is 67.3 Å². The Morgan fingerprint density at radius 3 is 2.76 bits per heavy atom. The second kappa shape index (κ2) is 10.7. The molecule has 1 aromatic heterocycles. The number of likely N-dealkylation sites (tertiary alicyclic amines) is 1. The molecular weight excluding hydrogens is 479 g/mol. The summed E-state index contributed by atoms with van der Waals surface area (Å²) in [5.74, 6) is 1.09. The third-order valence-corrected chi connectivity index (χ3v) is 8.43. The van der Waals surface area contributed by atoms with Crippen molar-refractivity contribution >= 4 is 22.3 Å². The summed E-state index contributed by atoms with van der Waals surface area (Å²) in [5, 5.41) is 1.95. The molecule has 2 aromatic carbocycles. The van der Waals surface area contributed by atoms with Gasteiger partial charge in [0.15, 0.2) is 0 Å². The topological polar surface area (TPSA) is 49.1 Å². The van der Waals surface area contributed by atoms with Crippen LogP contribution in [-0.2, 0) is 13.0 Å². The third kappa shape index (κ3) is 4.88. The predicted molar refractivity (Wildman–Crippen MR) is 148 cm³/mol. The van der Waals surface area contributed by atoms with Crippen molar-refractivity contribution in [2.24, 2.45) is 5.92 Å². The SMILES string of the molecule is [C-]#[N+]CC1CCCN(c2nc(OC[C@@H]3CCCN3C)nc3c2CCN(c2c(F)ccc4ccccc24)C3)C1. The number of halogens is 1. The molecule has 3 aliphatic heterocycles. The molecule has 4 heterocycles. The quantitative estimate of drug-likeness (QED) is 0.435. The van der Waals surface area contributed by atoms with E-state index in [1.54, 1.807) is 6.07 Å². The van der Waals surface area contributed by atoms with Crippen molar-refractivity contribution in [1.82, 2.24) is 14.9 Å². The van der Waals surface area contributed by atoms with Gasteiger partial charge < -0.3 is 24.3 Å². The van der Waals surface area contributed by atoms with Gasteiger partial charge >= 0.3 is 6.01 Å². The summed E-state index contributed by atoms with van der Waals surface area (Å²) in [7, 11) is 2.14. The zero-order valence-corrected chi connectivity index (χ0v) is 22.1. The van der Waals surface area contributed by atoms with Crippen LogP contribution in [0.1, 0.15) is 36.9 Å². The summed E-state index contributed by atoms with van der Waals surface area (Å²) >= 11 is 0. The number of hydrogen-bond donors (Lipinski definition) is 0. The Morgan fingerprint density at radius 2 is 1.92 bits per heavy atom. The molecule has 198 valence electrons. The molecule has 3 aromatic rings. The average Bonchev–Trinajstić information content (AvgIpc) is 3.36. The second-order valence-corrected chi connectivity index (χ2v) is 10.9. The first kappa shape index (κ1) is 24.9. The summed E-state index contributed by atoms with van der Waals surface area (Å²) in [4.78, 5) is 20.3. The van der Waals surface area contributed by atoms with E-state index in [-0.39, 0.29) is 5.82 Å². The van der Waals surface area contributed by atoms with E-state index in [4.69, 9.17) is 21.3 Å². The summed E-state index contributed by atoms with van der Waals surface area (Å²) in [6.45, 7) is 12.5. The number of benzene rings is 2. The number of hydrogen-bond acceptors (Lipinski definition) is 6. The van der Waals surface area contributed by atoms with Crippen LogP contribution in [0.25, 0.3) is 15.6 Å². The second-order valence-electron chi connectivity index (χ2n) is 10.9. The fourth-order valence-corrected chi connectivity index (χ4v) is 6.35. The zero-order valence-electron chi connectivity index (χ0n) is 22.1. The summed E-state index contributed by atoms with van der Waals surface area (Å²) < 4.78 is 21.5. The van der Waals surface area contributed by atoms with E-state index in [0.717, 1.165) is 73.2 Å². The van der Waals surface area contributed by atoms with Crippen LogP contribution in [0.2, 0.25) is 0 Å². The van der Waals surface area contributed by atoms with Gasteiger partial charge in [0.2, 0.25) is 6.54 Å². The Kier molecular flexibility index (Phi) is 7.03. The number of fused-ring (bicyclic) bond motifs is 2. The van der Waals surface area contributed by atoms with Gasteiger partial charge in [0.05, 0.1) is 17.9 Å². The lowest BCUT2D eigenvalue weighted by molar-refractivity contribution is 0.187. The Balaban J connectivity index is 1.34. The van der Waals surface area contributed by atoms with E-state index in [0.29, 0.717) is 49.9 Å². The van der Waals surface area contributed by atoms with E-state index in [1.165, 1.54) is 6.42 Å². The molecule has 0 radical (unpaired) electrons. The van der Waals surface area contributed by atoms with Gasteiger partial charge in [-0.1, -0.05) is 30.3 Å². The van der Waals surface area contributed by atoms with Crippen LogP contribution in [0.3, 0.4) is 0 Å².